The molecule has 0 amide bonds. The normalized spacial score (nSPS) is 28.8. The van der Waals surface area contributed by atoms with E-state index in [1.807, 2.05) is 6.26 Å². The number of hydrogen-bond donors (Lipinski definition) is 2. The van der Waals surface area contributed by atoms with Crippen LogP contribution in [0.3, 0.4) is 0 Å². The molecular formula is C37H45F2NO5S. The third-order valence-corrected chi connectivity index (χ3v) is 10.7. The van der Waals surface area contributed by atoms with Crippen LogP contribution >= 0.6 is 11.8 Å². The van der Waals surface area contributed by atoms with Crippen LogP contribution in [-0.4, -0.2) is 70.9 Å². The lowest BCUT2D eigenvalue weighted by atomic mass is 9.91. The number of benzene rings is 3. The molecule has 3 aliphatic rings. The van der Waals surface area contributed by atoms with Gasteiger partial charge >= 0.3 is 0 Å². The molecule has 9 heteroatoms. The fourth-order valence-corrected chi connectivity index (χ4v) is 7.88. The SMILES string of the molecule is CCc1ccc([C@H]2C[C@@H](O)[C@H](O)[C@@H](SC)O2)cc1Cc1ccc(O[C@@H]2CCN([C@@H]3CC[C@@H](c4cc(F)ccc4F)OC3)C2)c(C)c1. The smallest absolute Gasteiger partial charge is 0.132 e. The van der Waals surface area contributed by atoms with Crippen molar-refractivity contribution in [3.8, 4) is 5.75 Å². The van der Waals surface area contributed by atoms with Gasteiger partial charge in [-0.3, -0.25) is 4.90 Å². The standard InChI is InChI=1S/C37H45F2NO5S/c1-4-24-6-7-25(35-19-32(41)36(42)37(45-35)46-3)17-26(24)16-23-5-11-33(22(2)15-23)44-29-13-14-40(20-29)28-9-12-34(43-21-28)30-18-27(38)8-10-31(30)39/h5-8,10-11,15,17-18,28-29,32,34-37,41-42H,4,9,12-14,16,19-21H2,1-3H3/t28-,29-,32-,34+,35-,36+,37-/m1/s1. The van der Waals surface area contributed by atoms with Gasteiger partial charge in [-0.2, -0.15) is 0 Å². The van der Waals surface area contributed by atoms with Gasteiger partial charge in [0.15, 0.2) is 0 Å². The van der Waals surface area contributed by atoms with Gasteiger partial charge in [0.1, 0.15) is 35.0 Å². The van der Waals surface area contributed by atoms with Gasteiger partial charge < -0.3 is 24.4 Å². The van der Waals surface area contributed by atoms with E-state index in [2.05, 4.69) is 55.1 Å². The molecule has 0 aromatic heterocycles. The average molecular weight is 654 g/mol. The summed E-state index contributed by atoms with van der Waals surface area (Å²) in [6, 6.07) is 16.7. The summed E-state index contributed by atoms with van der Waals surface area (Å²) in [5.41, 5.74) is 5.70. The van der Waals surface area contributed by atoms with Gasteiger partial charge in [0.25, 0.3) is 0 Å². The number of hydrogen-bond acceptors (Lipinski definition) is 7. The molecular weight excluding hydrogens is 608 g/mol. The van der Waals surface area contributed by atoms with Crippen molar-refractivity contribution in [3.63, 3.8) is 0 Å². The van der Waals surface area contributed by atoms with Gasteiger partial charge in [-0.15, -0.1) is 11.8 Å². The number of aliphatic hydroxyl groups is 2. The predicted molar refractivity (Wildman–Crippen MR) is 176 cm³/mol. The fourth-order valence-electron chi connectivity index (χ4n) is 7.17. The lowest BCUT2D eigenvalue weighted by Crippen LogP contribution is -2.43. The third-order valence-electron chi connectivity index (χ3n) is 9.82. The molecule has 3 aliphatic heterocycles. The Morgan fingerprint density at radius 1 is 0.978 bits per heavy atom. The minimum absolute atomic E-state index is 0.0841. The number of ether oxygens (including phenoxy) is 3. The van der Waals surface area contributed by atoms with Crippen molar-refractivity contribution in [2.45, 2.75) is 94.4 Å². The molecule has 0 spiro atoms. The minimum Gasteiger partial charge on any atom is -0.489 e. The zero-order chi connectivity index (χ0) is 32.4. The van der Waals surface area contributed by atoms with Crippen LogP contribution in [0.5, 0.6) is 5.75 Å². The van der Waals surface area contributed by atoms with E-state index < -0.39 is 35.4 Å². The fraction of sp³-hybridized carbons (Fsp3) is 0.514. The molecule has 3 aromatic carbocycles. The largest absolute Gasteiger partial charge is 0.489 e. The van der Waals surface area contributed by atoms with Gasteiger partial charge in [-0.1, -0.05) is 37.3 Å². The van der Waals surface area contributed by atoms with Crippen molar-refractivity contribution >= 4 is 11.8 Å². The van der Waals surface area contributed by atoms with Crippen LogP contribution in [0.1, 0.15) is 78.2 Å². The van der Waals surface area contributed by atoms with E-state index in [9.17, 15) is 19.0 Å². The lowest BCUT2D eigenvalue weighted by Gasteiger charge is -2.36. The Kier molecular flexibility index (Phi) is 10.7. The summed E-state index contributed by atoms with van der Waals surface area (Å²) in [6.07, 6.45) is 4.13. The molecule has 3 heterocycles. The van der Waals surface area contributed by atoms with Gasteiger partial charge in [-0.05, 0) is 97.4 Å². The monoisotopic (exact) mass is 653 g/mol. The lowest BCUT2D eigenvalue weighted by molar-refractivity contribution is -0.137. The molecule has 3 aromatic rings. The van der Waals surface area contributed by atoms with Gasteiger partial charge in [0.2, 0.25) is 0 Å². The van der Waals surface area contributed by atoms with Crippen molar-refractivity contribution in [3.05, 3.63) is 99.6 Å². The zero-order valence-corrected chi connectivity index (χ0v) is 27.6. The Morgan fingerprint density at radius 3 is 2.57 bits per heavy atom. The quantitative estimate of drug-likeness (QED) is 0.267. The second-order valence-electron chi connectivity index (χ2n) is 12.9. The molecule has 0 aliphatic carbocycles. The van der Waals surface area contributed by atoms with Crippen LogP contribution in [0.4, 0.5) is 8.78 Å². The van der Waals surface area contributed by atoms with Gasteiger partial charge in [-0.25, -0.2) is 8.78 Å². The minimum atomic E-state index is -0.883. The molecule has 6 rings (SSSR count). The number of thioether (sulfide) groups is 1. The predicted octanol–water partition coefficient (Wildman–Crippen LogP) is 6.67. The molecule has 3 fully saturated rings. The Balaban J connectivity index is 1.05. The summed E-state index contributed by atoms with van der Waals surface area (Å²) in [4.78, 5) is 2.41. The van der Waals surface area contributed by atoms with Crippen molar-refractivity contribution in [1.82, 2.24) is 4.90 Å². The average Bonchev–Trinajstić information content (AvgIpc) is 3.53. The number of halogens is 2. The van der Waals surface area contributed by atoms with Crippen LogP contribution in [0, 0.1) is 18.6 Å². The topological polar surface area (TPSA) is 71.4 Å². The Labute approximate surface area is 275 Å². The van der Waals surface area contributed by atoms with Crippen molar-refractivity contribution in [2.75, 3.05) is 26.0 Å². The summed E-state index contributed by atoms with van der Waals surface area (Å²) >= 11 is 1.42. The number of rotatable bonds is 9. The molecule has 0 radical (unpaired) electrons. The van der Waals surface area contributed by atoms with Crippen LogP contribution in [0.25, 0.3) is 0 Å². The zero-order valence-electron chi connectivity index (χ0n) is 26.8. The van der Waals surface area contributed by atoms with E-state index in [4.69, 9.17) is 14.2 Å². The molecule has 0 bridgehead atoms. The molecule has 0 saturated carbocycles. The molecule has 46 heavy (non-hydrogen) atoms. The van der Waals surface area contributed by atoms with E-state index in [0.29, 0.717) is 25.0 Å². The summed E-state index contributed by atoms with van der Waals surface area (Å²) < 4.78 is 46.6. The van der Waals surface area contributed by atoms with E-state index >= 15 is 0 Å². The maximum atomic E-state index is 14.2. The molecule has 3 saturated heterocycles. The highest BCUT2D eigenvalue weighted by Crippen LogP contribution is 2.37. The highest BCUT2D eigenvalue weighted by molar-refractivity contribution is 7.99. The van der Waals surface area contributed by atoms with Crippen LogP contribution < -0.4 is 4.74 Å². The second-order valence-corrected chi connectivity index (χ2v) is 13.9. The number of likely N-dealkylation sites (tertiary alicyclic amines) is 1. The van der Waals surface area contributed by atoms with E-state index in [0.717, 1.165) is 61.7 Å². The Hall–Kier alpha value is -2.53. The first-order valence-electron chi connectivity index (χ1n) is 16.4. The number of aryl methyl sites for hydroxylation is 2. The van der Waals surface area contributed by atoms with Crippen molar-refractivity contribution in [1.29, 1.82) is 0 Å². The first kappa shape index (κ1) is 33.4. The van der Waals surface area contributed by atoms with Crippen LogP contribution in [-0.2, 0) is 22.3 Å². The molecule has 7 atom stereocenters. The van der Waals surface area contributed by atoms with Crippen LogP contribution in [0.2, 0.25) is 0 Å². The maximum Gasteiger partial charge on any atom is 0.132 e. The highest BCUT2D eigenvalue weighted by Gasteiger charge is 2.37. The van der Waals surface area contributed by atoms with Gasteiger partial charge in [0.05, 0.1) is 24.9 Å². The highest BCUT2D eigenvalue weighted by atomic mass is 32.2. The number of aliphatic hydroxyl groups excluding tert-OH is 2. The molecule has 2 N–H and O–H groups in total. The van der Waals surface area contributed by atoms with Crippen molar-refractivity contribution in [2.24, 2.45) is 0 Å². The molecule has 0 unspecified atom stereocenters. The van der Waals surface area contributed by atoms with E-state index in [-0.39, 0.29) is 18.2 Å². The Bertz CT molecular complexity index is 1500. The summed E-state index contributed by atoms with van der Waals surface area (Å²) in [7, 11) is 0. The first-order valence-corrected chi connectivity index (χ1v) is 17.7. The summed E-state index contributed by atoms with van der Waals surface area (Å²) in [5, 5.41) is 20.7. The van der Waals surface area contributed by atoms with E-state index in [1.165, 1.54) is 40.6 Å². The van der Waals surface area contributed by atoms with Crippen molar-refractivity contribution < 1.29 is 33.2 Å². The summed E-state index contributed by atoms with van der Waals surface area (Å²) in [6.45, 7) is 6.48. The van der Waals surface area contributed by atoms with E-state index in [1.54, 1.807) is 0 Å². The third kappa shape index (κ3) is 7.45. The molecule has 6 nitrogen and oxygen atoms in total. The second kappa shape index (κ2) is 14.7. The van der Waals surface area contributed by atoms with Crippen LogP contribution in [0.15, 0.2) is 54.6 Å². The maximum absolute atomic E-state index is 14.2. The Morgan fingerprint density at radius 2 is 1.83 bits per heavy atom. The van der Waals surface area contributed by atoms with Gasteiger partial charge in [0, 0.05) is 31.1 Å². The number of nitrogens with zero attached hydrogens (tertiary/aromatic N) is 1. The first-order chi connectivity index (χ1) is 22.2. The molecule has 248 valence electrons. The summed E-state index contributed by atoms with van der Waals surface area (Å²) in [5.74, 6) is 0.0385.